The fourth-order valence-corrected chi connectivity index (χ4v) is 3.20. The Morgan fingerprint density at radius 2 is 1.67 bits per heavy atom. The predicted octanol–water partition coefficient (Wildman–Crippen LogP) is 3.73. The molecule has 3 aromatic rings. The Morgan fingerprint density at radius 1 is 0.889 bits per heavy atom. The third kappa shape index (κ3) is 4.09. The Bertz CT molecular complexity index is 915. The smallest absolute Gasteiger partial charge is 0.141 e. The van der Waals surface area contributed by atoms with Crippen molar-refractivity contribution in [1.82, 2.24) is 15.0 Å². The van der Waals surface area contributed by atoms with Crippen molar-refractivity contribution in [3.63, 3.8) is 0 Å². The molecule has 1 aliphatic heterocycles. The zero-order chi connectivity index (χ0) is 18.6. The van der Waals surface area contributed by atoms with Crippen LogP contribution in [0.1, 0.15) is 0 Å². The molecule has 0 spiro atoms. The number of benzene rings is 1. The molecule has 3 heterocycles. The maximum absolute atomic E-state index is 13.3. The Balaban J connectivity index is 1.43. The Kier molecular flexibility index (Phi) is 5.02. The van der Waals surface area contributed by atoms with Gasteiger partial charge in [-0.25, -0.2) is 19.3 Å². The van der Waals surface area contributed by atoms with E-state index >= 15 is 0 Å². The summed E-state index contributed by atoms with van der Waals surface area (Å²) >= 11 is 5.83. The van der Waals surface area contributed by atoms with E-state index < -0.39 is 5.82 Å². The van der Waals surface area contributed by atoms with Crippen molar-refractivity contribution in [3.8, 4) is 0 Å². The van der Waals surface area contributed by atoms with E-state index in [9.17, 15) is 4.39 Å². The van der Waals surface area contributed by atoms with Gasteiger partial charge in [-0.1, -0.05) is 17.7 Å². The number of nitrogens with zero attached hydrogens (tertiary/aromatic N) is 5. The van der Waals surface area contributed by atoms with E-state index in [4.69, 9.17) is 11.6 Å². The van der Waals surface area contributed by atoms with Gasteiger partial charge in [0, 0.05) is 44.1 Å². The molecule has 8 heteroatoms. The first kappa shape index (κ1) is 17.5. The third-order valence-electron chi connectivity index (χ3n) is 4.42. The summed E-state index contributed by atoms with van der Waals surface area (Å²) in [5.74, 6) is 2.03. The van der Waals surface area contributed by atoms with Gasteiger partial charge in [0.05, 0.1) is 5.02 Å². The molecule has 1 fully saturated rings. The van der Waals surface area contributed by atoms with Gasteiger partial charge < -0.3 is 15.1 Å². The van der Waals surface area contributed by atoms with Gasteiger partial charge in [0.1, 0.15) is 29.6 Å². The van der Waals surface area contributed by atoms with Crippen LogP contribution in [0, 0.1) is 5.82 Å². The van der Waals surface area contributed by atoms with Gasteiger partial charge in [0.25, 0.3) is 0 Å². The van der Waals surface area contributed by atoms with Gasteiger partial charge in [0.2, 0.25) is 0 Å². The molecule has 0 amide bonds. The summed E-state index contributed by atoms with van der Waals surface area (Å²) in [7, 11) is 0. The molecule has 0 radical (unpaired) electrons. The summed E-state index contributed by atoms with van der Waals surface area (Å²) in [5.41, 5.74) is 0.672. The van der Waals surface area contributed by atoms with Crippen LogP contribution in [0.5, 0.6) is 0 Å². The van der Waals surface area contributed by atoms with E-state index in [-0.39, 0.29) is 5.02 Å². The van der Waals surface area contributed by atoms with Crippen molar-refractivity contribution in [2.24, 2.45) is 0 Å². The number of rotatable bonds is 4. The highest BCUT2D eigenvalue weighted by Crippen LogP contribution is 2.24. The van der Waals surface area contributed by atoms with E-state index in [0.29, 0.717) is 11.5 Å². The number of hydrogen-bond donors (Lipinski definition) is 1. The number of aromatic nitrogens is 3. The van der Waals surface area contributed by atoms with Crippen molar-refractivity contribution in [2.45, 2.75) is 0 Å². The minimum absolute atomic E-state index is 0.0694. The average molecular weight is 385 g/mol. The number of anilines is 4. The number of nitrogens with one attached hydrogen (secondary N) is 1. The first-order chi connectivity index (χ1) is 13.2. The maximum atomic E-state index is 13.3. The van der Waals surface area contributed by atoms with Crippen LogP contribution < -0.4 is 15.1 Å². The lowest BCUT2D eigenvalue weighted by molar-refractivity contribution is 0.628. The van der Waals surface area contributed by atoms with Crippen molar-refractivity contribution in [2.75, 3.05) is 41.3 Å². The lowest BCUT2D eigenvalue weighted by atomic mass is 10.3. The molecule has 1 aromatic carbocycles. The number of hydrogen-bond acceptors (Lipinski definition) is 6. The molecule has 138 valence electrons. The summed E-state index contributed by atoms with van der Waals surface area (Å²) in [5, 5.41) is 3.21. The van der Waals surface area contributed by atoms with Crippen LogP contribution in [0.2, 0.25) is 5.02 Å². The molecule has 1 N–H and O–H groups in total. The average Bonchev–Trinajstić information content (AvgIpc) is 2.72. The van der Waals surface area contributed by atoms with Crippen molar-refractivity contribution in [1.29, 1.82) is 0 Å². The second-order valence-electron chi connectivity index (χ2n) is 6.18. The molecule has 0 bridgehead atoms. The van der Waals surface area contributed by atoms with Crippen molar-refractivity contribution in [3.05, 3.63) is 65.8 Å². The molecule has 1 aliphatic rings. The van der Waals surface area contributed by atoms with Crippen LogP contribution in [-0.2, 0) is 0 Å². The molecule has 2 aromatic heterocycles. The highest BCUT2D eigenvalue weighted by molar-refractivity contribution is 6.31. The fraction of sp³-hybridized carbons (Fsp3) is 0.211. The number of piperazine rings is 1. The predicted molar refractivity (Wildman–Crippen MR) is 105 cm³/mol. The lowest BCUT2D eigenvalue weighted by Crippen LogP contribution is -2.47. The van der Waals surface area contributed by atoms with Gasteiger partial charge in [-0.2, -0.15) is 0 Å². The number of halogens is 2. The SMILES string of the molecule is Fc1ccc(Nc2cc(N3CCN(c4ccccn4)CC3)ncn2)cc1Cl. The molecular formula is C19H18ClFN6. The molecular weight excluding hydrogens is 367 g/mol. The molecule has 0 unspecified atom stereocenters. The van der Waals surface area contributed by atoms with E-state index in [0.717, 1.165) is 37.8 Å². The highest BCUT2D eigenvalue weighted by Gasteiger charge is 2.19. The largest absolute Gasteiger partial charge is 0.353 e. The zero-order valence-electron chi connectivity index (χ0n) is 14.5. The zero-order valence-corrected chi connectivity index (χ0v) is 15.3. The van der Waals surface area contributed by atoms with Gasteiger partial charge >= 0.3 is 0 Å². The van der Waals surface area contributed by atoms with Gasteiger partial charge in [-0.3, -0.25) is 0 Å². The van der Waals surface area contributed by atoms with E-state index in [1.54, 1.807) is 6.07 Å². The van der Waals surface area contributed by atoms with Crippen LogP contribution in [-0.4, -0.2) is 41.1 Å². The topological polar surface area (TPSA) is 57.2 Å². The van der Waals surface area contributed by atoms with E-state index in [2.05, 4.69) is 30.1 Å². The fourth-order valence-electron chi connectivity index (χ4n) is 3.02. The van der Waals surface area contributed by atoms with E-state index in [1.807, 2.05) is 30.5 Å². The molecule has 6 nitrogen and oxygen atoms in total. The normalized spacial score (nSPS) is 14.3. The highest BCUT2D eigenvalue weighted by atomic mass is 35.5. The summed E-state index contributed by atoms with van der Waals surface area (Å²) in [6.45, 7) is 3.43. The quantitative estimate of drug-likeness (QED) is 0.739. The van der Waals surface area contributed by atoms with Crippen molar-refractivity contribution >= 4 is 34.7 Å². The molecule has 27 heavy (non-hydrogen) atoms. The van der Waals surface area contributed by atoms with Crippen LogP contribution >= 0.6 is 11.6 Å². The Hall–Kier alpha value is -2.93. The Morgan fingerprint density at radius 3 is 2.37 bits per heavy atom. The van der Waals surface area contributed by atoms with Gasteiger partial charge in [-0.05, 0) is 30.3 Å². The molecule has 0 atom stereocenters. The summed E-state index contributed by atoms with van der Waals surface area (Å²) in [6.07, 6.45) is 3.33. The first-order valence-corrected chi connectivity index (χ1v) is 9.02. The number of pyridine rings is 1. The third-order valence-corrected chi connectivity index (χ3v) is 4.71. The van der Waals surface area contributed by atoms with Crippen molar-refractivity contribution < 1.29 is 4.39 Å². The van der Waals surface area contributed by atoms with Crippen LogP contribution in [0.15, 0.2) is 55.0 Å². The standard InChI is InChI=1S/C19H18ClFN6/c20-15-11-14(4-5-16(15)21)25-17-12-19(24-13-23-17)27-9-7-26(8-10-27)18-3-1-2-6-22-18/h1-6,11-13H,7-10H2,(H,23,24,25). The minimum Gasteiger partial charge on any atom is -0.353 e. The summed E-state index contributed by atoms with van der Waals surface area (Å²) in [4.78, 5) is 17.5. The molecule has 0 saturated carbocycles. The second kappa shape index (κ2) is 7.75. The molecule has 4 rings (SSSR count). The summed E-state index contributed by atoms with van der Waals surface area (Å²) < 4.78 is 13.3. The summed E-state index contributed by atoms with van der Waals surface area (Å²) in [6, 6.07) is 12.3. The minimum atomic E-state index is -0.448. The van der Waals surface area contributed by atoms with Crippen LogP contribution in [0.3, 0.4) is 0 Å². The Labute approximate surface area is 161 Å². The van der Waals surface area contributed by atoms with Crippen LogP contribution in [0.4, 0.5) is 27.5 Å². The molecule has 0 aliphatic carbocycles. The monoisotopic (exact) mass is 384 g/mol. The first-order valence-electron chi connectivity index (χ1n) is 8.64. The van der Waals surface area contributed by atoms with Gasteiger partial charge in [0.15, 0.2) is 0 Å². The maximum Gasteiger partial charge on any atom is 0.141 e. The van der Waals surface area contributed by atoms with Crippen LogP contribution in [0.25, 0.3) is 0 Å². The lowest BCUT2D eigenvalue weighted by Gasteiger charge is -2.36. The van der Waals surface area contributed by atoms with Gasteiger partial charge in [-0.15, -0.1) is 0 Å². The second-order valence-corrected chi connectivity index (χ2v) is 6.58. The molecule has 1 saturated heterocycles. The van der Waals surface area contributed by atoms with E-state index in [1.165, 1.54) is 18.5 Å².